The van der Waals surface area contributed by atoms with Gasteiger partial charge in [-0.05, 0) is 47.5 Å². The minimum Gasteiger partial charge on any atom is -0.497 e. The number of fused-ring (bicyclic) bond motifs is 3. The number of carbonyl (C=O) groups excluding carboxylic acids is 1. The van der Waals surface area contributed by atoms with E-state index in [1.165, 1.54) is 4.90 Å². The first-order chi connectivity index (χ1) is 14.9. The van der Waals surface area contributed by atoms with E-state index >= 15 is 0 Å². The van der Waals surface area contributed by atoms with E-state index in [0.717, 1.165) is 21.9 Å². The summed E-state index contributed by atoms with van der Waals surface area (Å²) in [7, 11) is 1.60. The Hall–Kier alpha value is -4.04. The summed E-state index contributed by atoms with van der Waals surface area (Å²) in [6.07, 6.45) is -1.08. The molecule has 8 nitrogen and oxygen atoms in total. The normalized spacial score (nSPS) is 11.0. The second-order valence-electron chi connectivity index (χ2n) is 7.12. The number of rotatable bonds is 6. The number of H-pyrrole nitrogens is 1. The van der Waals surface area contributed by atoms with E-state index in [1.807, 2.05) is 36.4 Å². The number of carboxylic acid groups (broad SMARTS) is 1. The van der Waals surface area contributed by atoms with Crippen molar-refractivity contribution in [1.82, 2.24) is 4.98 Å². The minimum absolute atomic E-state index is 0.174. The Morgan fingerprint density at radius 1 is 1.06 bits per heavy atom. The van der Waals surface area contributed by atoms with Crippen molar-refractivity contribution >= 4 is 39.5 Å². The van der Waals surface area contributed by atoms with Gasteiger partial charge in [-0.25, -0.2) is 4.79 Å². The fraction of sp³-hybridized carbons (Fsp3) is 0.130. The number of aromatic amines is 1. The van der Waals surface area contributed by atoms with Crippen molar-refractivity contribution < 1.29 is 19.4 Å². The molecular weight excluding hydrogens is 396 g/mol. The molecule has 0 fully saturated rings. The number of nitrogens with one attached hydrogen (secondary N) is 1. The minimum atomic E-state index is -1.08. The highest BCUT2D eigenvalue weighted by Gasteiger charge is 2.18. The first-order valence-electron chi connectivity index (χ1n) is 9.67. The Kier molecular flexibility index (Phi) is 5.22. The average molecular weight is 418 g/mol. The molecule has 0 aliphatic rings. The number of nitrogens with two attached hydrogens (primary N) is 2. The lowest BCUT2D eigenvalue weighted by Crippen LogP contribution is -2.34. The van der Waals surface area contributed by atoms with E-state index in [9.17, 15) is 14.7 Å². The van der Waals surface area contributed by atoms with Crippen LogP contribution in [0.5, 0.6) is 5.75 Å². The molecule has 3 aromatic carbocycles. The van der Waals surface area contributed by atoms with Crippen molar-refractivity contribution in [2.75, 3.05) is 25.1 Å². The molecule has 0 spiro atoms. The summed E-state index contributed by atoms with van der Waals surface area (Å²) >= 11 is 0. The van der Waals surface area contributed by atoms with Crippen LogP contribution in [0.25, 0.3) is 32.9 Å². The van der Waals surface area contributed by atoms with Gasteiger partial charge < -0.3 is 26.3 Å². The summed E-state index contributed by atoms with van der Waals surface area (Å²) in [6.45, 7) is 0.375. The Morgan fingerprint density at radius 2 is 1.87 bits per heavy atom. The molecule has 0 saturated heterocycles. The summed E-state index contributed by atoms with van der Waals surface area (Å²) in [5.74, 6) is 0.146. The molecule has 0 bridgehead atoms. The lowest BCUT2D eigenvalue weighted by molar-refractivity contribution is 0.100. The molecule has 8 heteroatoms. The number of primary amides is 1. The topological polar surface area (TPSA) is 135 Å². The van der Waals surface area contributed by atoms with Gasteiger partial charge in [0.05, 0.1) is 18.2 Å². The van der Waals surface area contributed by atoms with Crippen LogP contribution in [0, 0.1) is 0 Å². The average Bonchev–Trinajstić information content (AvgIpc) is 3.14. The highest BCUT2D eigenvalue weighted by Crippen LogP contribution is 2.35. The molecule has 0 saturated carbocycles. The van der Waals surface area contributed by atoms with Gasteiger partial charge in [-0.15, -0.1) is 0 Å². The molecule has 0 aliphatic carbocycles. The summed E-state index contributed by atoms with van der Waals surface area (Å²) in [5, 5.41) is 11.1. The van der Waals surface area contributed by atoms with E-state index in [0.29, 0.717) is 28.0 Å². The molecule has 4 rings (SSSR count). The number of benzene rings is 3. The molecule has 1 heterocycles. The zero-order chi connectivity index (χ0) is 22.1. The van der Waals surface area contributed by atoms with Gasteiger partial charge in [0, 0.05) is 35.1 Å². The number of aromatic nitrogens is 1. The highest BCUT2D eigenvalue weighted by molar-refractivity contribution is 6.16. The SMILES string of the molecule is COc1cccc(-c2cc(C(N)=O)c3[nH]c4cc(N(CCN)C(=O)O)ccc4c3c2)c1. The first-order valence-corrected chi connectivity index (χ1v) is 9.67. The number of ether oxygens (including phenoxy) is 1. The number of nitrogens with zero attached hydrogens (tertiary/aromatic N) is 1. The second kappa shape index (κ2) is 8.00. The lowest BCUT2D eigenvalue weighted by atomic mass is 9.98. The number of amides is 2. The van der Waals surface area contributed by atoms with E-state index in [2.05, 4.69) is 4.98 Å². The lowest BCUT2D eigenvalue weighted by Gasteiger charge is -2.18. The number of methoxy groups -OCH3 is 1. The fourth-order valence-corrected chi connectivity index (χ4v) is 3.79. The van der Waals surface area contributed by atoms with E-state index in [-0.39, 0.29) is 13.1 Å². The van der Waals surface area contributed by atoms with Gasteiger partial charge in [0.15, 0.2) is 0 Å². The summed E-state index contributed by atoms with van der Waals surface area (Å²) in [4.78, 5) is 28.2. The molecule has 1 aromatic heterocycles. The first kappa shape index (κ1) is 20.2. The van der Waals surface area contributed by atoms with Crippen molar-refractivity contribution in [1.29, 1.82) is 0 Å². The van der Waals surface area contributed by atoms with Gasteiger partial charge in [-0.1, -0.05) is 18.2 Å². The van der Waals surface area contributed by atoms with Crippen LogP contribution in [0.1, 0.15) is 10.4 Å². The Bertz CT molecular complexity index is 1310. The van der Waals surface area contributed by atoms with Crippen molar-refractivity contribution in [2.45, 2.75) is 0 Å². The number of carbonyl (C=O) groups is 2. The third-order valence-electron chi connectivity index (χ3n) is 5.26. The fourth-order valence-electron chi connectivity index (χ4n) is 3.79. The zero-order valence-corrected chi connectivity index (χ0v) is 16.9. The number of anilines is 1. The number of hydrogen-bond acceptors (Lipinski definition) is 4. The zero-order valence-electron chi connectivity index (χ0n) is 16.9. The van der Waals surface area contributed by atoms with Crippen molar-refractivity contribution in [3.63, 3.8) is 0 Å². The van der Waals surface area contributed by atoms with Gasteiger partial charge >= 0.3 is 6.09 Å². The van der Waals surface area contributed by atoms with Crippen LogP contribution in [-0.2, 0) is 0 Å². The quantitative estimate of drug-likeness (QED) is 0.380. The molecule has 0 aliphatic heterocycles. The number of hydrogen-bond donors (Lipinski definition) is 4. The van der Waals surface area contributed by atoms with Crippen molar-refractivity contribution in [3.05, 3.63) is 60.2 Å². The monoisotopic (exact) mass is 418 g/mol. The van der Waals surface area contributed by atoms with Gasteiger partial charge in [0.1, 0.15) is 5.75 Å². The third kappa shape index (κ3) is 3.64. The smallest absolute Gasteiger partial charge is 0.411 e. The van der Waals surface area contributed by atoms with Gasteiger partial charge in [-0.3, -0.25) is 9.69 Å². The molecule has 6 N–H and O–H groups in total. The largest absolute Gasteiger partial charge is 0.497 e. The van der Waals surface area contributed by atoms with E-state index < -0.39 is 12.0 Å². The van der Waals surface area contributed by atoms with Crippen LogP contribution in [0.4, 0.5) is 10.5 Å². The maximum Gasteiger partial charge on any atom is 0.411 e. The van der Waals surface area contributed by atoms with E-state index in [1.54, 1.807) is 25.3 Å². The summed E-state index contributed by atoms with van der Waals surface area (Å²) in [5.41, 5.74) is 15.1. The predicted octanol–water partition coefficient (Wildman–Crippen LogP) is 3.54. The molecule has 2 amide bonds. The highest BCUT2D eigenvalue weighted by atomic mass is 16.5. The van der Waals surface area contributed by atoms with Crippen LogP contribution in [0.2, 0.25) is 0 Å². The van der Waals surface area contributed by atoms with Crippen molar-refractivity contribution in [3.8, 4) is 16.9 Å². The third-order valence-corrected chi connectivity index (χ3v) is 5.26. The van der Waals surface area contributed by atoms with Crippen LogP contribution >= 0.6 is 0 Å². The maximum absolute atomic E-state index is 12.2. The molecule has 4 aromatic rings. The van der Waals surface area contributed by atoms with Crippen LogP contribution in [0.15, 0.2) is 54.6 Å². The van der Waals surface area contributed by atoms with E-state index in [4.69, 9.17) is 16.2 Å². The molecular formula is C23H22N4O4. The Balaban J connectivity index is 1.94. The summed E-state index contributed by atoms with van der Waals surface area (Å²) < 4.78 is 5.31. The predicted molar refractivity (Wildman–Crippen MR) is 121 cm³/mol. The van der Waals surface area contributed by atoms with Crippen LogP contribution < -0.4 is 21.1 Å². The molecule has 0 unspecified atom stereocenters. The standard InChI is InChI=1S/C23H22N4O4/c1-31-16-4-2-3-13(9-16)14-10-18-17-6-5-15(27(8-7-24)23(29)30)12-20(17)26-21(18)19(11-14)22(25)28/h2-6,9-12,26H,7-8,24H2,1H3,(H2,25,28)(H,29,30). The molecule has 0 radical (unpaired) electrons. The van der Waals surface area contributed by atoms with Gasteiger partial charge in [0.25, 0.3) is 5.91 Å². The van der Waals surface area contributed by atoms with Crippen LogP contribution in [0.3, 0.4) is 0 Å². The second-order valence-corrected chi connectivity index (χ2v) is 7.12. The van der Waals surface area contributed by atoms with Crippen molar-refractivity contribution in [2.24, 2.45) is 11.5 Å². The maximum atomic E-state index is 12.2. The van der Waals surface area contributed by atoms with Gasteiger partial charge in [-0.2, -0.15) is 0 Å². The van der Waals surface area contributed by atoms with Gasteiger partial charge in [0.2, 0.25) is 0 Å². The molecule has 31 heavy (non-hydrogen) atoms. The molecule has 158 valence electrons. The molecule has 0 atom stereocenters. The Labute approximate surface area is 178 Å². The Morgan fingerprint density at radius 3 is 2.55 bits per heavy atom. The summed E-state index contributed by atoms with van der Waals surface area (Å²) in [6, 6.07) is 16.5. The van der Waals surface area contributed by atoms with Crippen LogP contribution in [-0.4, -0.2) is 42.3 Å².